The molecule has 0 radical (unpaired) electrons. The van der Waals surface area contributed by atoms with E-state index in [2.05, 4.69) is 43.2 Å². The van der Waals surface area contributed by atoms with E-state index in [4.69, 9.17) is 0 Å². The van der Waals surface area contributed by atoms with Crippen molar-refractivity contribution in [2.45, 2.75) is 26.2 Å². The van der Waals surface area contributed by atoms with Gasteiger partial charge in [0, 0.05) is 17.0 Å². The van der Waals surface area contributed by atoms with Crippen molar-refractivity contribution in [2.24, 2.45) is 0 Å². The lowest BCUT2D eigenvalue weighted by atomic mass is 9.87. The second-order valence-electron chi connectivity index (χ2n) is 7.24. The smallest absolute Gasteiger partial charge is 0.250 e. The number of hydrogen-bond acceptors (Lipinski definition) is 3. The molecule has 0 fully saturated rings. The molecule has 3 nitrogen and oxygen atoms in total. The minimum absolute atomic E-state index is 0.104. The van der Waals surface area contributed by atoms with Crippen LogP contribution in [-0.4, -0.2) is 10.9 Å². The molecule has 0 saturated heterocycles. The Balaban J connectivity index is 1.62. The number of amides is 1. The van der Waals surface area contributed by atoms with Crippen LogP contribution in [0.15, 0.2) is 60.0 Å². The van der Waals surface area contributed by atoms with Gasteiger partial charge in [0.25, 0.3) is 0 Å². The standard InChI is InChI=1S/C22H21FN2OS/c1-22(2,3)17-9-4-15(5-10-17)6-13-20(26)25-21-24-19(14-27-21)16-7-11-18(23)12-8-16/h4-14H,1-3H3,(H,24,25,26)/b13-6+. The van der Waals surface area contributed by atoms with Gasteiger partial charge in [-0.05, 0) is 46.9 Å². The summed E-state index contributed by atoms with van der Waals surface area (Å²) in [5.74, 6) is -0.530. The summed E-state index contributed by atoms with van der Waals surface area (Å²) in [7, 11) is 0. The fourth-order valence-corrected chi connectivity index (χ4v) is 3.22. The predicted octanol–water partition coefficient (Wildman–Crippen LogP) is 5.90. The first kappa shape index (κ1) is 19.0. The lowest BCUT2D eigenvalue weighted by Crippen LogP contribution is -2.10. The molecule has 0 bridgehead atoms. The summed E-state index contributed by atoms with van der Waals surface area (Å²) in [6, 6.07) is 14.3. The van der Waals surface area contributed by atoms with Crippen LogP contribution in [0.25, 0.3) is 17.3 Å². The number of benzene rings is 2. The quantitative estimate of drug-likeness (QED) is 0.573. The normalized spacial score (nSPS) is 11.7. The number of nitrogens with one attached hydrogen (secondary N) is 1. The van der Waals surface area contributed by atoms with E-state index in [9.17, 15) is 9.18 Å². The average Bonchev–Trinajstić information content (AvgIpc) is 3.08. The van der Waals surface area contributed by atoms with Crippen molar-refractivity contribution in [1.82, 2.24) is 4.98 Å². The number of hydrogen-bond donors (Lipinski definition) is 1. The summed E-state index contributed by atoms with van der Waals surface area (Å²) in [5, 5.41) is 5.09. The molecule has 27 heavy (non-hydrogen) atoms. The van der Waals surface area contributed by atoms with Crippen LogP contribution in [0.4, 0.5) is 9.52 Å². The molecule has 0 aliphatic rings. The van der Waals surface area contributed by atoms with E-state index in [1.165, 1.54) is 35.1 Å². The number of rotatable bonds is 4. The molecule has 0 saturated carbocycles. The first-order valence-corrected chi connectivity index (χ1v) is 9.50. The fourth-order valence-electron chi connectivity index (χ4n) is 2.50. The number of anilines is 1. The zero-order valence-corrected chi connectivity index (χ0v) is 16.3. The molecule has 0 aliphatic heterocycles. The number of thiazole rings is 1. The van der Waals surface area contributed by atoms with Crippen LogP contribution in [0.2, 0.25) is 0 Å². The highest BCUT2D eigenvalue weighted by atomic mass is 32.1. The van der Waals surface area contributed by atoms with Crippen LogP contribution in [0.1, 0.15) is 31.9 Å². The Hall–Kier alpha value is -2.79. The molecule has 0 unspecified atom stereocenters. The van der Waals surface area contributed by atoms with Crippen molar-refractivity contribution in [2.75, 3.05) is 5.32 Å². The van der Waals surface area contributed by atoms with Gasteiger partial charge in [0.2, 0.25) is 5.91 Å². The minimum atomic E-state index is -0.289. The molecule has 1 aromatic heterocycles. The highest BCUT2D eigenvalue weighted by Gasteiger charge is 2.12. The van der Waals surface area contributed by atoms with E-state index in [1.54, 1.807) is 18.2 Å². The molecule has 3 rings (SSSR count). The van der Waals surface area contributed by atoms with E-state index in [1.807, 2.05) is 17.5 Å². The molecule has 2 aromatic carbocycles. The molecule has 1 heterocycles. The predicted molar refractivity (Wildman–Crippen MR) is 110 cm³/mol. The van der Waals surface area contributed by atoms with E-state index < -0.39 is 0 Å². The largest absolute Gasteiger partial charge is 0.298 e. The monoisotopic (exact) mass is 380 g/mol. The van der Waals surface area contributed by atoms with Gasteiger partial charge in [-0.15, -0.1) is 11.3 Å². The Bertz CT molecular complexity index is 951. The number of carbonyl (C=O) groups excluding carboxylic acids is 1. The Morgan fingerprint density at radius 2 is 1.74 bits per heavy atom. The van der Waals surface area contributed by atoms with Gasteiger partial charge in [0.05, 0.1) is 5.69 Å². The maximum Gasteiger partial charge on any atom is 0.250 e. The van der Waals surface area contributed by atoms with E-state index in [0.717, 1.165) is 11.1 Å². The Morgan fingerprint density at radius 1 is 1.07 bits per heavy atom. The highest BCUT2D eigenvalue weighted by Crippen LogP contribution is 2.25. The summed E-state index contributed by atoms with van der Waals surface area (Å²) in [4.78, 5) is 16.5. The van der Waals surface area contributed by atoms with E-state index in [0.29, 0.717) is 10.8 Å². The first-order chi connectivity index (χ1) is 12.8. The van der Waals surface area contributed by atoms with Gasteiger partial charge in [-0.1, -0.05) is 45.0 Å². The topological polar surface area (TPSA) is 42.0 Å². The summed E-state index contributed by atoms with van der Waals surface area (Å²) >= 11 is 1.33. The zero-order chi connectivity index (χ0) is 19.4. The van der Waals surface area contributed by atoms with Crippen molar-refractivity contribution in [3.8, 4) is 11.3 Å². The van der Waals surface area contributed by atoms with Gasteiger partial charge in [0.15, 0.2) is 5.13 Å². The third-order valence-electron chi connectivity index (χ3n) is 4.08. The van der Waals surface area contributed by atoms with Crippen LogP contribution in [-0.2, 0) is 10.2 Å². The zero-order valence-electron chi connectivity index (χ0n) is 15.5. The molecular weight excluding hydrogens is 359 g/mol. The Morgan fingerprint density at radius 3 is 2.37 bits per heavy atom. The fraction of sp³-hybridized carbons (Fsp3) is 0.182. The summed E-state index contributed by atoms with van der Waals surface area (Å²) in [5.41, 5.74) is 3.83. The van der Waals surface area contributed by atoms with Crippen LogP contribution in [0.5, 0.6) is 0 Å². The van der Waals surface area contributed by atoms with Crippen molar-refractivity contribution in [1.29, 1.82) is 0 Å². The summed E-state index contributed by atoms with van der Waals surface area (Å²) in [6.45, 7) is 6.50. The molecule has 0 spiro atoms. The average molecular weight is 380 g/mol. The van der Waals surface area contributed by atoms with Crippen molar-refractivity contribution in [3.05, 3.63) is 76.9 Å². The maximum atomic E-state index is 13.0. The lowest BCUT2D eigenvalue weighted by Gasteiger charge is -2.18. The maximum absolute atomic E-state index is 13.0. The van der Waals surface area contributed by atoms with Gasteiger partial charge < -0.3 is 0 Å². The molecular formula is C22H21FN2OS. The van der Waals surface area contributed by atoms with Crippen molar-refractivity contribution < 1.29 is 9.18 Å². The molecule has 1 amide bonds. The summed E-state index contributed by atoms with van der Waals surface area (Å²) < 4.78 is 13.0. The van der Waals surface area contributed by atoms with E-state index in [-0.39, 0.29) is 17.1 Å². The molecule has 0 atom stereocenters. The van der Waals surface area contributed by atoms with E-state index >= 15 is 0 Å². The van der Waals surface area contributed by atoms with Crippen LogP contribution >= 0.6 is 11.3 Å². The van der Waals surface area contributed by atoms with Gasteiger partial charge >= 0.3 is 0 Å². The minimum Gasteiger partial charge on any atom is -0.298 e. The van der Waals surface area contributed by atoms with Crippen LogP contribution < -0.4 is 5.32 Å². The molecule has 1 N–H and O–H groups in total. The third-order valence-corrected chi connectivity index (χ3v) is 4.84. The SMILES string of the molecule is CC(C)(C)c1ccc(/C=C/C(=O)Nc2nc(-c3ccc(F)cc3)cs2)cc1. The summed E-state index contributed by atoms with van der Waals surface area (Å²) in [6.07, 6.45) is 3.27. The van der Waals surface area contributed by atoms with Gasteiger partial charge in [-0.3, -0.25) is 10.1 Å². The third kappa shape index (κ3) is 5.11. The molecule has 138 valence electrons. The number of halogens is 1. The van der Waals surface area contributed by atoms with Gasteiger partial charge in [-0.2, -0.15) is 0 Å². The van der Waals surface area contributed by atoms with Crippen LogP contribution in [0.3, 0.4) is 0 Å². The second kappa shape index (κ2) is 7.84. The van der Waals surface area contributed by atoms with Crippen molar-refractivity contribution in [3.63, 3.8) is 0 Å². The van der Waals surface area contributed by atoms with Gasteiger partial charge in [-0.25, -0.2) is 9.37 Å². The Kier molecular flexibility index (Phi) is 5.51. The lowest BCUT2D eigenvalue weighted by molar-refractivity contribution is -0.111. The first-order valence-electron chi connectivity index (χ1n) is 8.62. The highest BCUT2D eigenvalue weighted by molar-refractivity contribution is 7.14. The number of aromatic nitrogens is 1. The second-order valence-corrected chi connectivity index (χ2v) is 8.10. The molecule has 5 heteroatoms. The molecule has 0 aliphatic carbocycles. The number of carbonyl (C=O) groups is 1. The number of nitrogens with zero attached hydrogens (tertiary/aromatic N) is 1. The van der Waals surface area contributed by atoms with Crippen LogP contribution in [0, 0.1) is 5.82 Å². The Labute approximate surface area is 162 Å². The van der Waals surface area contributed by atoms with Gasteiger partial charge in [0.1, 0.15) is 5.82 Å². The molecule has 3 aromatic rings. The van der Waals surface area contributed by atoms with Crippen molar-refractivity contribution >= 4 is 28.5 Å².